The molecule has 0 aromatic carbocycles. The van der Waals surface area contributed by atoms with Crippen LogP contribution in [-0.4, -0.2) is 54.8 Å². The quantitative estimate of drug-likeness (QED) is 0.0358. The summed E-state index contributed by atoms with van der Waals surface area (Å²) < 4.78 is 6.25. The summed E-state index contributed by atoms with van der Waals surface area (Å²) >= 11 is 0. The third-order valence-corrected chi connectivity index (χ3v) is 8.27. The summed E-state index contributed by atoms with van der Waals surface area (Å²) in [6.07, 6.45) is 38.6. The number of likely N-dealkylation sites (N-methyl/N-ethyl adjacent to an activating group) is 1. The van der Waals surface area contributed by atoms with Gasteiger partial charge in [-0.1, -0.05) is 141 Å². The smallest absolute Gasteiger partial charge is 0.359 e. The number of unbranched alkanes of at least 4 members (excludes halogenated alkanes) is 19. The van der Waals surface area contributed by atoms with Crippen molar-refractivity contribution in [3.8, 4) is 0 Å². The van der Waals surface area contributed by atoms with Gasteiger partial charge >= 0.3 is 11.9 Å². The first-order valence-corrected chi connectivity index (χ1v) is 18.3. The summed E-state index contributed by atoms with van der Waals surface area (Å²) in [5, 5.41) is 9.30. The highest BCUT2D eigenvalue weighted by Gasteiger charge is 2.27. The van der Waals surface area contributed by atoms with Crippen LogP contribution in [0.25, 0.3) is 0 Å². The van der Waals surface area contributed by atoms with Crippen LogP contribution in [0.1, 0.15) is 174 Å². The molecule has 0 saturated carbocycles. The number of hydrogen-bond acceptors (Lipinski definition) is 3. The van der Waals surface area contributed by atoms with Crippen LogP contribution in [0.4, 0.5) is 0 Å². The Kier molecular flexibility index (Phi) is 29.3. The highest BCUT2D eigenvalue weighted by Crippen LogP contribution is 2.17. The average Bonchev–Trinajstić information content (AvgIpc) is 2.94. The lowest BCUT2D eigenvalue weighted by Gasteiger charge is -2.31. The lowest BCUT2D eigenvalue weighted by Crippen LogP contribution is -2.49. The zero-order chi connectivity index (χ0) is 31.9. The van der Waals surface area contributed by atoms with E-state index in [1.165, 1.54) is 103 Å². The van der Waals surface area contributed by atoms with E-state index in [4.69, 9.17) is 4.74 Å². The molecule has 5 heteroatoms. The SMILES string of the molecule is CCCCC/C=C\C/C=C\CCCCCCCC(=O)OC(CCCCCCCCCCCCCC)C[N+](C)(C)CC(=O)O. The monoisotopic (exact) mass is 607 g/mol. The van der Waals surface area contributed by atoms with Gasteiger partial charge in [-0.3, -0.25) is 4.79 Å². The fraction of sp³-hybridized carbons (Fsp3) is 0.842. The third-order valence-electron chi connectivity index (χ3n) is 8.27. The number of carboxylic acid groups (broad SMARTS) is 1. The van der Waals surface area contributed by atoms with E-state index >= 15 is 0 Å². The molecule has 0 radical (unpaired) electrons. The van der Waals surface area contributed by atoms with Crippen LogP contribution in [-0.2, 0) is 14.3 Å². The fourth-order valence-electron chi connectivity index (χ4n) is 5.71. The van der Waals surface area contributed by atoms with Crippen molar-refractivity contribution < 1.29 is 23.9 Å². The number of nitrogens with zero attached hydrogens (tertiary/aromatic N) is 1. The summed E-state index contributed by atoms with van der Waals surface area (Å²) in [4.78, 5) is 24.0. The largest absolute Gasteiger partial charge is 0.477 e. The minimum Gasteiger partial charge on any atom is -0.477 e. The first kappa shape index (κ1) is 41.4. The number of carbonyl (C=O) groups excluding carboxylic acids is 1. The van der Waals surface area contributed by atoms with Gasteiger partial charge in [0.1, 0.15) is 6.54 Å². The van der Waals surface area contributed by atoms with Crippen molar-refractivity contribution in [2.45, 2.75) is 180 Å². The van der Waals surface area contributed by atoms with Crippen molar-refractivity contribution in [3.05, 3.63) is 24.3 Å². The number of hydrogen-bond donors (Lipinski definition) is 1. The molecule has 0 amide bonds. The number of rotatable bonds is 32. The molecule has 0 bridgehead atoms. The Morgan fingerprint density at radius 1 is 0.628 bits per heavy atom. The summed E-state index contributed by atoms with van der Waals surface area (Å²) in [5.41, 5.74) is 0. The van der Waals surface area contributed by atoms with Gasteiger partial charge < -0.3 is 14.3 Å². The maximum absolute atomic E-state index is 12.7. The lowest BCUT2D eigenvalue weighted by molar-refractivity contribution is -0.886. The van der Waals surface area contributed by atoms with E-state index in [1.807, 2.05) is 14.1 Å². The molecule has 0 rings (SSSR count). The summed E-state index contributed by atoms with van der Waals surface area (Å²) in [5.74, 6) is -0.935. The maximum atomic E-state index is 12.7. The Bertz CT molecular complexity index is 700. The van der Waals surface area contributed by atoms with Crippen LogP contribution in [0.15, 0.2) is 24.3 Å². The molecule has 0 spiro atoms. The number of aliphatic carboxylic acids is 1. The van der Waals surface area contributed by atoms with Gasteiger partial charge in [0.05, 0.1) is 14.1 Å². The van der Waals surface area contributed by atoms with E-state index in [-0.39, 0.29) is 18.6 Å². The first-order valence-electron chi connectivity index (χ1n) is 18.3. The van der Waals surface area contributed by atoms with Gasteiger partial charge in [-0.25, -0.2) is 4.79 Å². The standard InChI is InChI=1S/C38H71NO4/c1-5-7-9-11-13-15-17-19-20-21-23-25-27-29-31-33-38(42)43-36(34-39(3,4)35-37(40)41)32-30-28-26-24-22-18-16-14-12-10-8-6-2/h13,15,19-20,36H,5-12,14,16-18,21-35H2,1-4H3/p+1/b15-13-,20-19-. The molecule has 252 valence electrons. The molecule has 1 atom stereocenters. The Balaban J connectivity index is 4.12. The molecule has 0 aliphatic rings. The van der Waals surface area contributed by atoms with E-state index < -0.39 is 5.97 Å². The van der Waals surface area contributed by atoms with Crippen molar-refractivity contribution in [2.24, 2.45) is 0 Å². The summed E-state index contributed by atoms with van der Waals surface area (Å²) in [6.45, 7) is 5.10. The second kappa shape index (κ2) is 30.4. The number of esters is 1. The van der Waals surface area contributed by atoms with Gasteiger partial charge in [-0.2, -0.15) is 0 Å². The maximum Gasteiger partial charge on any atom is 0.359 e. The van der Waals surface area contributed by atoms with Gasteiger partial charge in [0.25, 0.3) is 0 Å². The van der Waals surface area contributed by atoms with E-state index in [2.05, 4.69) is 38.2 Å². The van der Waals surface area contributed by atoms with E-state index in [1.54, 1.807) is 0 Å². The average molecular weight is 607 g/mol. The van der Waals surface area contributed by atoms with Crippen LogP contribution in [0.3, 0.4) is 0 Å². The molecule has 0 fully saturated rings. The van der Waals surface area contributed by atoms with Gasteiger partial charge in [0.15, 0.2) is 12.6 Å². The van der Waals surface area contributed by atoms with Gasteiger partial charge in [0.2, 0.25) is 0 Å². The van der Waals surface area contributed by atoms with Crippen molar-refractivity contribution in [3.63, 3.8) is 0 Å². The van der Waals surface area contributed by atoms with Crippen molar-refractivity contribution in [2.75, 3.05) is 27.2 Å². The molecule has 0 aromatic heterocycles. The molecular formula is C38H72NO4+. The van der Waals surface area contributed by atoms with Gasteiger partial charge in [-0.15, -0.1) is 0 Å². The van der Waals surface area contributed by atoms with Crippen molar-refractivity contribution >= 4 is 11.9 Å². The zero-order valence-corrected chi connectivity index (χ0v) is 29.1. The predicted molar refractivity (Wildman–Crippen MR) is 184 cm³/mol. The number of ether oxygens (including phenoxy) is 1. The van der Waals surface area contributed by atoms with Crippen molar-refractivity contribution in [1.29, 1.82) is 0 Å². The molecule has 43 heavy (non-hydrogen) atoms. The summed E-state index contributed by atoms with van der Waals surface area (Å²) in [6, 6.07) is 0. The molecular weight excluding hydrogens is 534 g/mol. The van der Waals surface area contributed by atoms with Crippen LogP contribution in [0.2, 0.25) is 0 Å². The highest BCUT2D eigenvalue weighted by molar-refractivity contribution is 5.69. The normalized spacial score (nSPS) is 12.8. The van der Waals surface area contributed by atoms with Crippen LogP contribution < -0.4 is 0 Å². The number of quaternary nitrogens is 1. The fourth-order valence-corrected chi connectivity index (χ4v) is 5.71. The number of allylic oxidation sites excluding steroid dienone is 4. The van der Waals surface area contributed by atoms with E-state index in [0.29, 0.717) is 17.4 Å². The molecule has 1 unspecified atom stereocenters. The second-order valence-electron chi connectivity index (χ2n) is 13.4. The second-order valence-corrected chi connectivity index (χ2v) is 13.4. The minimum atomic E-state index is -0.814. The minimum absolute atomic E-state index is 0.0391. The number of carboxylic acids is 1. The first-order chi connectivity index (χ1) is 20.8. The molecule has 0 heterocycles. The Morgan fingerprint density at radius 3 is 1.60 bits per heavy atom. The van der Waals surface area contributed by atoms with Crippen molar-refractivity contribution in [1.82, 2.24) is 0 Å². The summed E-state index contributed by atoms with van der Waals surface area (Å²) in [7, 11) is 3.83. The molecule has 0 aliphatic heterocycles. The molecule has 0 aliphatic carbocycles. The Morgan fingerprint density at radius 2 is 1.07 bits per heavy atom. The van der Waals surface area contributed by atoms with Gasteiger partial charge in [-0.05, 0) is 51.4 Å². The lowest BCUT2D eigenvalue weighted by atomic mass is 10.0. The van der Waals surface area contributed by atoms with Crippen LogP contribution in [0.5, 0.6) is 0 Å². The van der Waals surface area contributed by atoms with Crippen LogP contribution in [0, 0.1) is 0 Å². The van der Waals surface area contributed by atoms with E-state index in [0.717, 1.165) is 51.4 Å². The highest BCUT2D eigenvalue weighted by atomic mass is 16.5. The molecule has 0 saturated heterocycles. The topological polar surface area (TPSA) is 63.6 Å². The predicted octanol–water partition coefficient (Wildman–Crippen LogP) is 11.0. The van der Waals surface area contributed by atoms with Gasteiger partial charge in [0, 0.05) is 6.42 Å². The molecule has 0 aromatic rings. The molecule has 5 nitrogen and oxygen atoms in total. The zero-order valence-electron chi connectivity index (χ0n) is 29.1. The molecule has 1 N–H and O–H groups in total. The Labute approximate surface area is 267 Å². The third kappa shape index (κ3) is 31.6. The van der Waals surface area contributed by atoms with Crippen LogP contribution >= 0.6 is 0 Å². The van der Waals surface area contributed by atoms with E-state index in [9.17, 15) is 14.7 Å². The Hall–Kier alpha value is -1.62. The number of carbonyl (C=O) groups is 2.